The fourth-order valence-corrected chi connectivity index (χ4v) is 6.82. The third-order valence-electron chi connectivity index (χ3n) is 9.27. The molecule has 0 aromatic rings. The van der Waals surface area contributed by atoms with Crippen molar-refractivity contribution in [1.82, 2.24) is 0 Å². The Morgan fingerprint density at radius 3 is 2.45 bits per heavy atom. The summed E-state index contributed by atoms with van der Waals surface area (Å²) in [5.41, 5.74) is 0.876. The minimum atomic E-state index is -1.09. The molecular formula is C28H46O3. The van der Waals surface area contributed by atoms with Gasteiger partial charge in [0.15, 0.2) is 0 Å². The van der Waals surface area contributed by atoms with Crippen LogP contribution in [0.2, 0.25) is 0 Å². The number of fused-ring (bicyclic) bond motifs is 1. The Morgan fingerprint density at radius 1 is 1.06 bits per heavy atom. The Balaban J connectivity index is 1.80. The molecule has 0 aromatic heterocycles. The maximum Gasteiger partial charge on any atom is 0.102 e. The second kappa shape index (κ2) is 9.53. The van der Waals surface area contributed by atoms with E-state index in [0.717, 1.165) is 49.7 Å². The lowest BCUT2D eigenvalue weighted by molar-refractivity contribution is -0.155. The lowest BCUT2D eigenvalue weighted by Crippen LogP contribution is -2.56. The van der Waals surface area contributed by atoms with Crippen LogP contribution in [0.4, 0.5) is 0 Å². The molecule has 8 atom stereocenters. The first-order valence-electron chi connectivity index (χ1n) is 12.6. The third kappa shape index (κ3) is 4.89. The summed E-state index contributed by atoms with van der Waals surface area (Å²) >= 11 is 0. The highest BCUT2D eigenvalue weighted by molar-refractivity contribution is 5.33. The molecule has 0 amide bonds. The van der Waals surface area contributed by atoms with E-state index in [1.165, 1.54) is 0 Å². The lowest BCUT2D eigenvalue weighted by Gasteiger charge is -2.52. The average molecular weight is 431 g/mol. The third-order valence-corrected chi connectivity index (χ3v) is 9.27. The van der Waals surface area contributed by atoms with E-state index < -0.39 is 11.7 Å². The van der Waals surface area contributed by atoms with Crippen LogP contribution in [0.25, 0.3) is 0 Å². The molecule has 3 fully saturated rings. The zero-order chi connectivity index (χ0) is 23.0. The summed E-state index contributed by atoms with van der Waals surface area (Å²) in [5, 5.41) is 33.2. The summed E-state index contributed by atoms with van der Waals surface area (Å²) in [6.07, 6.45) is 12.2. The van der Waals surface area contributed by atoms with Gasteiger partial charge in [0.05, 0.1) is 11.7 Å². The highest BCUT2D eigenvalue weighted by Crippen LogP contribution is 2.61. The number of aliphatic hydroxyl groups excluding tert-OH is 2. The molecule has 176 valence electrons. The van der Waals surface area contributed by atoms with Gasteiger partial charge >= 0.3 is 0 Å². The maximum atomic E-state index is 11.8. The van der Waals surface area contributed by atoms with Crippen LogP contribution in [0.15, 0.2) is 36.0 Å². The summed E-state index contributed by atoms with van der Waals surface area (Å²) in [4.78, 5) is 0. The minimum Gasteiger partial charge on any atom is -0.393 e. The van der Waals surface area contributed by atoms with Crippen molar-refractivity contribution in [3.05, 3.63) is 36.0 Å². The molecule has 31 heavy (non-hydrogen) atoms. The van der Waals surface area contributed by atoms with Crippen molar-refractivity contribution in [3.8, 4) is 0 Å². The van der Waals surface area contributed by atoms with Crippen LogP contribution in [0, 0.1) is 35.0 Å². The zero-order valence-corrected chi connectivity index (χ0v) is 20.5. The highest BCUT2D eigenvalue weighted by atomic mass is 16.3. The number of aliphatic hydroxyl groups is 3. The Morgan fingerprint density at radius 2 is 1.77 bits per heavy atom. The molecule has 0 aromatic carbocycles. The molecule has 3 N–H and O–H groups in total. The Kier molecular flexibility index (Phi) is 7.61. The predicted molar refractivity (Wildman–Crippen MR) is 129 cm³/mol. The molecular weight excluding hydrogens is 384 g/mol. The van der Waals surface area contributed by atoms with Crippen LogP contribution < -0.4 is 0 Å². The molecule has 3 heteroatoms. The van der Waals surface area contributed by atoms with Crippen molar-refractivity contribution in [3.63, 3.8) is 0 Å². The summed E-state index contributed by atoms with van der Waals surface area (Å²) < 4.78 is 0. The first-order chi connectivity index (χ1) is 14.5. The smallest absolute Gasteiger partial charge is 0.102 e. The van der Waals surface area contributed by atoms with Crippen LogP contribution >= 0.6 is 0 Å². The van der Waals surface area contributed by atoms with Gasteiger partial charge in [-0.15, -0.1) is 0 Å². The monoisotopic (exact) mass is 430 g/mol. The maximum absolute atomic E-state index is 11.8. The molecule has 3 rings (SSSR count). The second-order valence-electron chi connectivity index (χ2n) is 11.6. The van der Waals surface area contributed by atoms with Gasteiger partial charge in [0.2, 0.25) is 0 Å². The minimum absolute atomic E-state index is 0.0421. The van der Waals surface area contributed by atoms with Crippen molar-refractivity contribution in [1.29, 1.82) is 0 Å². The van der Waals surface area contributed by atoms with Gasteiger partial charge in [-0.25, -0.2) is 0 Å². The Labute approximate surface area is 190 Å². The van der Waals surface area contributed by atoms with E-state index in [0.29, 0.717) is 36.5 Å². The molecule has 0 heterocycles. The van der Waals surface area contributed by atoms with Gasteiger partial charge in [0.25, 0.3) is 0 Å². The average Bonchev–Trinajstić information content (AvgIpc) is 3.07. The molecule has 0 aliphatic heterocycles. The summed E-state index contributed by atoms with van der Waals surface area (Å²) in [6, 6.07) is 0. The molecule has 0 spiro atoms. The SMILES string of the molecule is C=C1CC[C@H](O)C/C1=C/C(O)C1(O)CCC[C@]2(C)[C@@H]1CC[C@H]2[C@@H](C)/C=C/[C@@H](C)C(C)C. The first-order valence-corrected chi connectivity index (χ1v) is 12.6. The standard InChI is InChI=1S/C28H46O3/c1-18(2)19(3)8-9-21(5)24-12-13-25-27(24,6)14-7-15-28(25,31)26(30)17-22-16-23(29)11-10-20(22)4/h8-9,17-19,21,23-26,29-31H,4,7,10-16H2,1-3,5-6H3/b9-8+,22-17-/t19-,21+,23+,24+,25+,26?,27+,28?/m1/s1. The van der Waals surface area contributed by atoms with Crippen molar-refractivity contribution < 1.29 is 15.3 Å². The van der Waals surface area contributed by atoms with E-state index in [2.05, 4.69) is 53.3 Å². The van der Waals surface area contributed by atoms with Gasteiger partial charge in [-0.1, -0.05) is 58.9 Å². The normalized spacial score (nSPS) is 41.0. The fourth-order valence-electron chi connectivity index (χ4n) is 6.82. The zero-order valence-electron chi connectivity index (χ0n) is 20.5. The fraction of sp³-hybridized carbons (Fsp3) is 0.786. The Bertz CT molecular complexity index is 707. The van der Waals surface area contributed by atoms with E-state index in [-0.39, 0.29) is 17.4 Å². The molecule has 3 aliphatic carbocycles. The molecule has 3 saturated carbocycles. The molecule has 0 bridgehead atoms. The van der Waals surface area contributed by atoms with E-state index in [1.807, 2.05) is 6.08 Å². The quantitative estimate of drug-likeness (QED) is 0.466. The van der Waals surface area contributed by atoms with E-state index in [1.54, 1.807) is 0 Å². The van der Waals surface area contributed by atoms with Crippen molar-refractivity contribution in [2.75, 3.05) is 0 Å². The van der Waals surface area contributed by atoms with Gasteiger partial charge in [0.1, 0.15) is 6.10 Å². The van der Waals surface area contributed by atoms with Gasteiger partial charge in [-0.3, -0.25) is 0 Å². The van der Waals surface area contributed by atoms with E-state index >= 15 is 0 Å². The van der Waals surface area contributed by atoms with Gasteiger partial charge in [-0.2, -0.15) is 0 Å². The largest absolute Gasteiger partial charge is 0.393 e. The summed E-state index contributed by atoms with van der Waals surface area (Å²) in [7, 11) is 0. The Hall–Kier alpha value is -0.900. The predicted octanol–water partition coefficient (Wildman–Crippen LogP) is 5.81. The number of hydrogen-bond acceptors (Lipinski definition) is 3. The van der Waals surface area contributed by atoms with Crippen LogP contribution in [0.5, 0.6) is 0 Å². The van der Waals surface area contributed by atoms with Crippen molar-refractivity contribution >= 4 is 0 Å². The van der Waals surface area contributed by atoms with E-state index in [4.69, 9.17) is 0 Å². The second-order valence-corrected chi connectivity index (χ2v) is 11.6. The summed E-state index contributed by atoms with van der Waals surface area (Å²) in [5.74, 6) is 2.33. The molecule has 2 unspecified atom stereocenters. The van der Waals surface area contributed by atoms with Gasteiger partial charge in [0, 0.05) is 0 Å². The van der Waals surface area contributed by atoms with E-state index in [9.17, 15) is 15.3 Å². The van der Waals surface area contributed by atoms with Crippen LogP contribution in [0.1, 0.15) is 86.0 Å². The molecule has 3 aliphatic rings. The number of allylic oxidation sites excluding steroid dienone is 3. The molecule has 0 radical (unpaired) electrons. The molecule has 0 saturated heterocycles. The van der Waals surface area contributed by atoms with Crippen LogP contribution in [-0.4, -0.2) is 33.1 Å². The highest BCUT2D eigenvalue weighted by Gasteiger charge is 2.59. The molecule has 3 nitrogen and oxygen atoms in total. The van der Waals surface area contributed by atoms with Gasteiger partial charge in [-0.05, 0) is 98.0 Å². The van der Waals surface area contributed by atoms with Gasteiger partial charge < -0.3 is 15.3 Å². The topological polar surface area (TPSA) is 60.7 Å². The number of rotatable bonds is 6. The van der Waals surface area contributed by atoms with Crippen molar-refractivity contribution in [2.24, 2.45) is 35.0 Å². The summed E-state index contributed by atoms with van der Waals surface area (Å²) in [6.45, 7) is 15.6. The number of hydrogen-bond donors (Lipinski definition) is 3. The van der Waals surface area contributed by atoms with Crippen molar-refractivity contribution in [2.45, 2.75) is 104 Å². The lowest BCUT2D eigenvalue weighted by atomic mass is 9.56. The first kappa shape index (κ1) is 24.7. The van der Waals surface area contributed by atoms with Crippen LogP contribution in [0.3, 0.4) is 0 Å². The van der Waals surface area contributed by atoms with Crippen LogP contribution in [-0.2, 0) is 0 Å².